The minimum Gasteiger partial charge on any atom is -0.497 e. The minimum absolute atomic E-state index is 0.224. The lowest BCUT2D eigenvalue weighted by Gasteiger charge is -2.26. The summed E-state index contributed by atoms with van der Waals surface area (Å²) in [5.74, 6) is -1.28. The van der Waals surface area contributed by atoms with E-state index in [-0.39, 0.29) is 17.7 Å². The number of benzene rings is 2. The van der Waals surface area contributed by atoms with Crippen LogP contribution in [0.1, 0.15) is 27.6 Å². The van der Waals surface area contributed by atoms with E-state index < -0.39 is 29.7 Å². The highest BCUT2D eigenvalue weighted by molar-refractivity contribution is 6.22. The largest absolute Gasteiger partial charge is 0.497 e. The Bertz CT molecular complexity index is 936. The van der Waals surface area contributed by atoms with Crippen LogP contribution in [0.25, 0.3) is 0 Å². The molecule has 0 saturated heterocycles. The van der Waals surface area contributed by atoms with Crippen molar-refractivity contribution in [2.45, 2.75) is 13.0 Å². The molecule has 0 aliphatic carbocycles. The van der Waals surface area contributed by atoms with Gasteiger partial charge in [0.1, 0.15) is 11.8 Å². The van der Waals surface area contributed by atoms with E-state index in [1.165, 1.54) is 18.9 Å². The predicted octanol–water partition coefficient (Wildman–Crippen LogP) is 1.78. The maximum absolute atomic E-state index is 12.7. The van der Waals surface area contributed by atoms with Gasteiger partial charge in [0.2, 0.25) is 11.8 Å². The van der Waals surface area contributed by atoms with Crippen LogP contribution in [-0.4, -0.2) is 60.2 Å². The Morgan fingerprint density at radius 3 is 2.10 bits per heavy atom. The number of anilines is 1. The standard InChI is InChI=1S/C21H21N3O5/c1-13(24-20(27)16-6-4-5-7-17(16)21(24)28)19(26)23(2)12-18(25)22-14-8-10-15(29-3)11-9-14/h4-11,13H,12H2,1-3H3,(H,22,25)/t13-/m0/s1. The normalized spacial score (nSPS) is 13.7. The first-order chi connectivity index (χ1) is 13.8. The lowest BCUT2D eigenvalue weighted by Crippen LogP contribution is -2.49. The molecule has 0 saturated carbocycles. The summed E-state index contributed by atoms with van der Waals surface area (Å²) in [7, 11) is 2.99. The summed E-state index contributed by atoms with van der Waals surface area (Å²) in [5, 5.41) is 2.68. The smallest absolute Gasteiger partial charge is 0.262 e. The van der Waals surface area contributed by atoms with Crippen molar-refractivity contribution >= 4 is 29.3 Å². The molecule has 1 aliphatic rings. The number of nitrogens with one attached hydrogen (secondary N) is 1. The van der Waals surface area contributed by atoms with Gasteiger partial charge >= 0.3 is 0 Å². The Labute approximate surface area is 168 Å². The van der Waals surface area contributed by atoms with Gasteiger partial charge in [-0.3, -0.25) is 24.1 Å². The van der Waals surface area contributed by atoms with Crippen LogP contribution in [0.3, 0.4) is 0 Å². The Morgan fingerprint density at radius 2 is 1.59 bits per heavy atom. The van der Waals surface area contributed by atoms with E-state index in [4.69, 9.17) is 4.74 Å². The molecule has 0 radical (unpaired) electrons. The summed E-state index contributed by atoms with van der Waals surface area (Å²) >= 11 is 0. The third kappa shape index (κ3) is 3.96. The molecule has 1 atom stereocenters. The van der Waals surface area contributed by atoms with Gasteiger partial charge in [-0.15, -0.1) is 0 Å². The van der Waals surface area contributed by atoms with Crippen LogP contribution in [0.15, 0.2) is 48.5 Å². The van der Waals surface area contributed by atoms with Gasteiger partial charge in [0.05, 0.1) is 24.8 Å². The summed E-state index contributed by atoms with van der Waals surface area (Å²) in [4.78, 5) is 52.2. The number of ether oxygens (including phenoxy) is 1. The molecule has 0 bridgehead atoms. The SMILES string of the molecule is COc1ccc(NC(=O)CN(C)C(=O)[C@H](C)N2C(=O)c3ccccc3C2=O)cc1. The van der Waals surface area contributed by atoms with Crippen molar-refractivity contribution in [2.75, 3.05) is 26.0 Å². The van der Waals surface area contributed by atoms with Gasteiger partial charge in [-0.05, 0) is 43.3 Å². The lowest BCUT2D eigenvalue weighted by molar-refractivity contribution is -0.136. The van der Waals surface area contributed by atoms with Crippen LogP contribution in [0.4, 0.5) is 5.69 Å². The molecule has 2 aromatic rings. The van der Waals surface area contributed by atoms with Crippen LogP contribution in [0, 0.1) is 0 Å². The van der Waals surface area contributed by atoms with E-state index in [1.807, 2.05) is 0 Å². The minimum atomic E-state index is -1.03. The molecule has 0 aromatic heterocycles. The molecule has 0 fully saturated rings. The number of rotatable bonds is 6. The van der Waals surface area contributed by atoms with Crippen LogP contribution >= 0.6 is 0 Å². The molecule has 1 N–H and O–H groups in total. The maximum Gasteiger partial charge on any atom is 0.262 e. The molecule has 29 heavy (non-hydrogen) atoms. The van der Waals surface area contributed by atoms with Gasteiger partial charge in [-0.25, -0.2) is 0 Å². The first-order valence-corrected chi connectivity index (χ1v) is 8.99. The van der Waals surface area contributed by atoms with Crippen molar-refractivity contribution in [1.82, 2.24) is 9.80 Å². The third-order valence-corrected chi connectivity index (χ3v) is 4.70. The molecular weight excluding hydrogens is 374 g/mol. The van der Waals surface area contributed by atoms with E-state index in [9.17, 15) is 19.2 Å². The van der Waals surface area contributed by atoms with Crippen molar-refractivity contribution in [3.63, 3.8) is 0 Å². The molecule has 4 amide bonds. The number of hydrogen-bond acceptors (Lipinski definition) is 5. The quantitative estimate of drug-likeness (QED) is 0.752. The zero-order valence-electron chi connectivity index (χ0n) is 16.3. The number of methoxy groups -OCH3 is 1. The van der Waals surface area contributed by atoms with Gasteiger partial charge in [-0.2, -0.15) is 0 Å². The number of imide groups is 1. The van der Waals surface area contributed by atoms with E-state index in [0.29, 0.717) is 11.4 Å². The second kappa shape index (κ2) is 8.14. The highest BCUT2D eigenvalue weighted by Crippen LogP contribution is 2.25. The van der Waals surface area contributed by atoms with Crippen LogP contribution in [0.2, 0.25) is 0 Å². The number of fused-ring (bicyclic) bond motifs is 1. The molecule has 8 heteroatoms. The van der Waals surface area contributed by atoms with Crippen molar-refractivity contribution in [3.8, 4) is 5.75 Å². The van der Waals surface area contributed by atoms with E-state index in [2.05, 4.69) is 5.32 Å². The Hall–Kier alpha value is -3.68. The molecular formula is C21H21N3O5. The second-order valence-corrected chi connectivity index (χ2v) is 6.67. The number of hydrogen-bond donors (Lipinski definition) is 1. The highest BCUT2D eigenvalue weighted by atomic mass is 16.5. The van der Waals surface area contributed by atoms with Gasteiger partial charge in [0, 0.05) is 12.7 Å². The van der Waals surface area contributed by atoms with Crippen molar-refractivity contribution in [2.24, 2.45) is 0 Å². The first-order valence-electron chi connectivity index (χ1n) is 8.99. The monoisotopic (exact) mass is 395 g/mol. The summed E-state index contributed by atoms with van der Waals surface area (Å²) in [6, 6.07) is 12.2. The molecule has 0 spiro atoms. The van der Waals surface area contributed by atoms with Gasteiger partial charge in [0.15, 0.2) is 0 Å². The molecule has 150 valence electrons. The predicted molar refractivity (Wildman–Crippen MR) is 106 cm³/mol. The number of carbonyl (C=O) groups excluding carboxylic acids is 4. The van der Waals surface area contributed by atoms with E-state index in [1.54, 1.807) is 55.6 Å². The molecule has 2 aromatic carbocycles. The van der Waals surface area contributed by atoms with Crippen LogP contribution in [-0.2, 0) is 9.59 Å². The summed E-state index contributed by atoms with van der Waals surface area (Å²) in [6.07, 6.45) is 0. The van der Waals surface area contributed by atoms with Crippen molar-refractivity contribution in [3.05, 3.63) is 59.7 Å². The van der Waals surface area contributed by atoms with Crippen LogP contribution in [0.5, 0.6) is 5.75 Å². The van der Waals surface area contributed by atoms with Crippen LogP contribution < -0.4 is 10.1 Å². The molecule has 1 heterocycles. The van der Waals surface area contributed by atoms with Crippen molar-refractivity contribution in [1.29, 1.82) is 0 Å². The van der Waals surface area contributed by atoms with Gasteiger partial charge in [-0.1, -0.05) is 12.1 Å². The topological polar surface area (TPSA) is 96.0 Å². The average molecular weight is 395 g/mol. The Morgan fingerprint density at radius 1 is 1.03 bits per heavy atom. The number of carbonyl (C=O) groups is 4. The van der Waals surface area contributed by atoms with Crippen molar-refractivity contribution < 1.29 is 23.9 Å². The zero-order valence-corrected chi connectivity index (χ0v) is 16.3. The fraction of sp³-hybridized carbons (Fsp3) is 0.238. The average Bonchev–Trinajstić information content (AvgIpc) is 2.98. The molecule has 8 nitrogen and oxygen atoms in total. The van der Waals surface area contributed by atoms with E-state index in [0.717, 1.165) is 4.90 Å². The molecule has 1 aliphatic heterocycles. The number of amides is 4. The summed E-state index contributed by atoms with van der Waals surface area (Å²) in [5.41, 5.74) is 1.11. The maximum atomic E-state index is 12.7. The molecule has 3 rings (SSSR count). The summed E-state index contributed by atoms with van der Waals surface area (Å²) < 4.78 is 5.06. The second-order valence-electron chi connectivity index (χ2n) is 6.67. The Balaban J connectivity index is 1.63. The number of nitrogens with zero attached hydrogens (tertiary/aromatic N) is 2. The molecule has 0 unspecified atom stereocenters. The van der Waals surface area contributed by atoms with Gasteiger partial charge < -0.3 is 15.0 Å². The fourth-order valence-electron chi connectivity index (χ4n) is 3.16. The van der Waals surface area contributed by atoms with E-state index >= 15 is 0 Å². The zero-order chi connectivity index (χ0) is 21.1. The number of likely N-dealkylation sites (N-methyl/N-ethyl adjacent to an activating group) is 1. The Kier molecular flexibility index (Phi) is 5.63. The summed E-state index contributed by atoms with van der Waals surface area (Å²) in [6.45, 7) is 1.25. The lowest BCUT2D eigenvalue weighted by atomic mass is 10.1. The first kappa shape index (κ1) is 20.1. The third-order valence-electron chi connectivity index (χ3n) is 4.70. The highest BCUT2D eigenvalue weighted by Gasteiger charge is 2.41. The van der Waals surface area contributed by atoms with Gasteiger partial charge in [0.25, 0.3) is 11.8 Å². The fourth-order valence-corrected chi connectivity index (χ4v) is 3.16.